The number of benzene rings is 1. The molecular weight excluding hydrogens is 386 g/mol. The number of sulfonamides is 1. The van der Waals surface area contributed by atoms with E-state index in [-0.39, 0.29) is 37.3 Å². The largest absolute Gasteiger partial charge is 0.355 e. The van der Waals surface area contributed by atoms with Gasteiger partial charge in [-0.2, -0.15) is 0 Å². The normalized spacial score (nSPS) is 12.4. The molecule has 0 saturated heterocycles. The highest BCUT2D eigenvalue weighted by molar-refractivity contribution is 7.89. The summed E-state index contributed by atoms with van der Waals surface area (Å²) in [6.45, 7) is 15.0. The predicted molar refractivity (Wildman–Crippen MR) is 113 cm³/mol. The van der Waals surface area contributed by atoms with E-state index < -0.39 is 10.0 Å². The van der Waals surface area contributed by atoms with E-state index in [0.29, 0.717) is 11.4 Å². The van der Waals surface area contributed by atoms with Crippen LogP contribution in [0.15, 0.2) is 4.90 Å². The molecule has 0 aliphatic heterocycles. The second-order valence-corrected chi connectivity index (χ2v) is 8.57. The van der Waals surface area contributed by atoms with Gasteiger partial charge in [-0.15, -0.1) is 12.4 Å². The zero-order valence-corrected chi connectivity index (χ0v) is 19.1. The first-order valence-electron chi connectivity index (χ1n) is 9.09. The van der Waals surface area contributed by atoms with Crippen LogP contribution >= 0.6 is 12.4 Å². The third-order valence-corrected chi connectivity index (χ3v) is 6.74. The number of hydrogen-bond acceptors (Lipinski definition) is 4. The van der Waals surface area contributed by atoms with Crippen molar-refractivity contribution in [3.63, 3.8) is 0 Å². The second kappa shape index (κ2) is 11.0. The summed E-state index contributed by atoms with van der Waals surface area (Å²) >= 11 is 0. The molecule has 1 atom stereocenters. The van der Waals surface area contributed by atoms with Crippen LogP contribution in [0.5, 0.6) is 0 Å². The van der Waals surface area contributed by atoms with E-state index in [4.69, 9.17) is 0 Å². The van der Waals surface area contributed by atoms with Crippen LogP contribution < -0.4 is 15.4 Å². The molecule has 0 radical (unpaired) electrons. The van der Waals surface area contributed by atoms with E-state index in [0.717, 1.165) is 34.4 Å². The topological polar surface area (TPSA) is 87.3 Å². The van der Waals surface area contributed by atoms with Crippen LogP contribution in [0.25, 0.3) is 0 Å². The van der Waals surface area contributed by atoms with Gasteiger partial charge in [-0.3, -0.25) is 4.79 Å². The number of carbonyl (C=O) groups is 1. The van der Waals surface area contributed by atoms with Crippen molar-refractivity contribution in [3.8, 4) is 0 Å². The molecule has 1 amide bonds. The zero-order valence-electron chi connectivity index (χ0n) is 17.4. The Labute approximate surface area is 170 Å². The van der Waals surface area contributed by atoms with Crippen molar-refractivity contribution in [1.82, 2.24) is 15.4 Å². The highest BCUT2D eigenvalue weighted by Crippen LogP contribution is 2.29. The van der Waals surface area contributed by atoms with Crippen molar-refractivity contribution in [2.24, 2.45) is 0 Å². The molecule has 27 heavy (non-hydrogen) atoms. The van der Waals surface area contributed by atoms with Gasteiger partial charge in [0.05, 0.1) is 4.90 Å². The number of halogens is 1. The van der Waals surface area contributed by atoms with Gasteiger partial charge in [-0.1, -0.05) is 6.92 Å². The summed E-state index contributed by atoms with van der Waals surface area (Å²) in [6, 6.07) is 0.185. The molecule has 1 aromatic carbocycles. The van der Waals surface area contributed by atoms with Crippen molar-refractivity contribution in [3.05, 3.63) is 27.8 Å². The van der Waals surface area contributed by atoms with Crippen molar-refractivity contribution in [1.29, 1.82) is 0 Å². The molecule has 1 aromatic rings. The fourth-order valence-corrected chi connectivity index (χ4v) is 4.64. The van der Waals surface area contributed by atoms with E-state index in [1.54, 1.807) is 0 Å². The van der Waals surface area contributed by atoms with E-state index in [9.17, 15) is 13.2 Å². The molecule has 0 unspecified atom stereocenters. The van der Waals surface area contributed by atoms with Crippen molar-refractivity contribution in [2.75, 3.05) is 19.6 Å². The number of rotatable bonds is 9. The van der Waals surface area contributed by atoms with Crippen LogP contribution in [0.3, 0.4) is 0 Å². The minimum absolute atomic E-state index is 0. The van der Waals surface area contributed by atoms with Crippen LogP contribution in [0.4, 0.5) is 0 Å². The number of carbonyl (C=O) groups excluding carboxylic acids is 1. The lowest BCUT2D eigenvalue weighted by molar-refractivity contribution is -0.121. The second-order valence-electron chi connectivity index (χ2n) is 6.86. The van der Waals surface area contributed by atoms with E-state index in [1.807, 2.05) is 48.5 Å². The molecular formula is C19H34ClN3O3S. The first kappa shape index (κ1) is 25.9. The maximum Gasteiger partial charge on any atom is 0.241 e. The molecule has 156 valence electrons. The molecule has 0 spiro atoms. The van der Waals surface area contributed by atoms with Gasteiger partial charge >= 0.3 is 0 Å². The molecule has 8 heteroatoms. The van der Waals surface area contributed by atoms with Gasteiger partial charge in [0.1, 0.15) is 0 Å². The Hall–Kier alpha value is -1.15. The Morgan fingerprint density at radius 3 is 1.93 bits per heavy atom. The molecule has 0 fully saturated rings. The third-order valence-electron chi connectivity index (χ3n) is 5.00. The standard InChI is InChI=1S/C19H33N3O3S.ClH/c1-8-20-12(2)11-21-18(23)9-10-22-26(24,25)19-16(6)14(4)13(3)15(5)17(19)7;/h12,20,22H,8-11H2,1-7H3,(H,21,23);1H/t12-;/m1./s1. The molecule has 0 aliphatic rings. The zero-order chi connectivity index (χ0) is 20.1. The van der Waals surface area contributed by atoms with E-state index in [2.05, 4.69) is 15.4 Å². The highest BCUT2D eigenvalue weighted by Gasteiger charge is 2.23. The van der Waals surface area contributed by atoms with Crippen LogP contribution in [-0.2, 0) is 14.8 Å². The molecule has 0 aromatic heterocycles. The number of likely N-dealkylation sites (N-methyl/N-ethyl adjacent to an activating group) is 1. The maximum atomic E-state index is 12.8. The highest BCUT2D eigenvalue weighted by atomic mass is 35.5. The Balaban J connectivity index is 0.00000676. The van der Waals surface area contributed by atoms with Crippen LogP contribution in [-0.4, -0.2) is 40.0 Å². The molecule has 6 nitrogen and oxygen atoms in total. The van der Waals surface area contributed by atoms with Gasteiger partial charge in [0, 0.05) is 25.6 Å². The Morgan fingerprint density at radius 2 is 1.44 bits per heavy atom. The molecule has 0 aliphatic carbocycles. The smallest absolute Gasteiger partial charge is 0.241 e. The van der Waals surface area contributed by atoms with Crippen LogP contribution in [0, 0.1) is 34.6 Å². The fraction of sp³-hybridized carbons (Fsp3) is 0.632. The number of nitrogens with one attached hydrogen (secondary N) is 3. The molecule has 0 heterocycles. The summed E-state index contributed by atoms with van der Waals surface area (Å²) < 4.78 is 28.1. The van der Waals surface area contributed by atoms with Gasteiger partial charge < -0.3 is 10.6 Å². The van der Waals surface area contributed by atoms with Crippen molar-refractivity contribution >= 4 is 28.3 Å². The predicted octanol–water partition coefficient (Wildman–Crippen LogP) is 2.43. The van der Waals surface area contributed by atoms with Gasteiger partial charge in [-0.25, -0.2) is 13.1 Å². The van der Waals surface area contributed by atoms with Crippen molar-refractivity contribution in [2.45, 2.75) is 65.8 Å². The van der Waals surface area contributed by atoms with Gasteiger partial charge in [0.2, 0.25) is 15.9 Å². The quantitative estimate of drug-likeness (QED) is 0.573. The SMILES string of the molecule is CCN[C@H](C)CNC(=O)CCNS(=O)(=O)c1c(C)c(C)c(C)c(C)c1C.Cl. The minimum Gasteiger partial charge on any atom is -0.355 e. The molecule has 0 bridgehead atoms. The van der Waals surface area contributed by atoms with Crippen molar-refractivity contribution < 1.29 is 13.2 Å². The first-order chi connectivity index (χ1) is 12.0. The van der Waals surface area contributed by atoms with Gasteiger partial charge in [0.15, 0.2) is 0 Å². The van der Waals surface area contributed by atoms with E-state index >= 15 is 0 Å². The van der Waals surface area contributed by atoms with E-state index in [1.165, 1.54) is 0 Å². The first-order valence-corrected chi connectivity index (χ1v) is 10.6. The summed E-state index contributed by atoms with van der Waals surface area (Å²) in [5, 5.41) is 6.01. The molecule has 0 saturated carbocycles. The van der Waals surface area contributed by atoms with Gasteiger partial charge in [0.25, 0.3) is 0 Å². The average Bonchev–Trinajstić information content (AvgIpc) is 2.56. The lowest BCUT2D eigenvalue weighted by Gasteiger charge is -2.19. The average molecular weight is 420 g/mol. The lowest BCUT2D eigenvalue weighted by atomic mass is 9.95. The third kappa shape index (κ3) is 6.75. The minimum atomic E-state index is -3.66. The number of hydrogen-bond donors (Lipinski definition) is 3. The number of amides is 1. The summed E-state index contributed by atoms with van der Waals surface area (Å²) in [6.07, 6.45) is 0.111. The summed E-state index contributed by atoms with van der Waals surface area (Å²) in [7, 11) is -3.66. The summed E-state index contributed by atoms with van der Waals surface area (Å²) in [4.78, 5) is 12.2. The maximum absolute atomic E-state index is 12.8. The Morgan fingerprint density at radius 1 is 0.963 bits per heavy atom. The van der Waals surface area contributed by atoms with Gasteiger partial charge in [-0.05, 0) is 75.9 Å². The Bertz CT molecular complexity index is 735. The molecule has 3 N–H and O–H groups in total. The van der Waals surface area contributed by atoms with Crippen LogP contribution in [0.1, 0.15) is 48.1 Å². The fourth-order valence-electron chi connectivity index (χ4n) is 3.02. The summed E-state index contributed by atoms with van der Waals surface area (Å²) in [5.74, 6) is -0.165. The van der Waals surface area contributed by atoms with Crippen LogP contribution in [0.2, 0.25) is 0 Å². The molecule has 1 rings (SSSR count). The summed E-state index contributed by atoms with van der Waals surface area (Å²) in [5.41, 5.74) is 4.63. The Kier molecular flexibility index (Phi) is 10.5. The lowest BCUT2D eigenvalue weighted by Crippen LogP contribution is -2.39. The monoisotopic (exact) mass is 419 g/mol.